The molecule has 0 atom stereocenters. The molecule has 1 aromatic heterocycles. The van der Waals surface area contributed by atoms with E-state index in [9.17, 15) is 9.90 Å². The molecule has 0 saturated heterocycles. The number of hydrogen-bond acceptors (Lipinski definition) is 3. The van der Waals surface area contributed by atoms with Gasteiger partial charge in [-0.15, -0.1) is 0 Å². The van der Waals surface area contributed by atoms with Crippen LogP contribution in [0, 0.1) is 5.92 Å². The maximum absolute atomic E-state index is 11.4. The second-order valence-electron chi connectivity index (χ2n) is 8.09. The molecule has 154 valence electrons. The molecule has 4 heteroatoms. The second-order valence-corrected chi connectivity index (χ2v) is 8.09. The van der Waals surface area contributed by atoms with Crippen LogP contribution in [0.2, 0.25) is 0 Å². The molecule has 2 aromatic rings. The average molecular weight is 393 g/mol. The first kappa shape index (κ1) is 21.2. The fourth-order valence-corrected chi connectivity index (χ4v) is 4.39. The van der Waals surface area contributed by atoms with Crippen molar-refractivity contribution in [2.45, 2.75) is 71.1 Å². The minimum absolute atomic E-state index is 0.192. The number of carbonyl (C=O) groups is 1. The maximum Gasteiger partial charge on any atom is 0.331 e. The van der Waals surface area contributed by atoms with Crippen LogP contribution in [-0.2, 0) is 11.2 Å². The number of aromatic nitrogens is 2. The summed E-state index contributed by atoms with van der Waals surface area (Å²) in [4.78, 5) is 20.5. The maximum atomic E-state index is 11.4. The minimum Gasteiger partial charge on any atom is -0.478 e. The Hall–Kier alpha value is -2.49. The minimum atomic E-state index is -0.767. The van der Waals surface area contributed by atoms with E-state index in [0.717, 1.165) is 43.5 Å². The molecule has 0 bridgehead atoms. The molecule has 1 aliphatic rings. The summed E-state index contributed by atoms with van der Waals surface area (Å²) in [5, 5.41) is 9.34. The van der Waals surface area contributed by atoms with Gasteiger partial charge in [-0.3, -0.25) is 0 Å². The highest BCUT2D eigenvalue weighted by molar-refractivity contribution is 5.87. The third-order valence-corrected chi connectivity index (χ3v) is 6.14. The summed E-state index contributed by atoms with van der Waals surface area (Å²) >= 11 is 0. The van der Waals surface area contributed by atoms with Crippen molar-refractivity contribution in [3.8, 4) is 11.4 Å². The third kappa shape index (κ3) is 5.53. The number of unbranched alkanes of at least 4 members (excludes halogenated alkanes) is 2. The number of hydrogen-bond donors (Lipinski definition) is 1. The number of rotatable bonds is 8. The monoisotopic (exact) mass is 392 g/mol. The topological polar surface area (TPSA) is 63.1 Å². The Morgan fingerprint density at radius 3 is 2.28 bits per heavy atom. The van der Waals surface area contributed by atoms with E-state index in [1.807, 2.05) is 19.3 Å². The van der Waals surface area contributed by atoms with Crippen LogP contribution < -0.4 is 0 Å². The van der Waals surface area contributed by atoms with Crippen LogP contribution in [0.4, 0.5) is 0 Å². The zero-order valence-electron chi connectivity index (χ0n) is 17.6. The predicted octanol–water partition coefficient (Wildman–Crippen LogP) is 6.18. The van der Waals surface area contributed by atoms with Crippen LogP contribution in [-0.4, -0.2) is 21.0 Å². The van der Waals surface area contributed by atoms with Crippen LogP contribution in [0.5, 0.6) is 0 Å². The van der Waals surface area contributed by atoms with Gasteiger partial charge in [0.2, 0.25) is 0 Å². The molecule has 0 spiro atoms. The summed E-state index contributed by atoms with van der Waals surface area (Å²) in [6.07, 6.45) is 14.3. The van der Waals surface area contributed by atoms with Crippen LogP contribution in [0.15, 0.2) is 48.3 Å². The number of benzene rings is 1. The highest BCUT2D eigenvalue weighted by atomic mass is 16.4. The molecule has 1 N–H and O–H groups in total. The number of aryl methyl sites for hydroxylation is 1. The standard InChI is InChI=1S/C25H32N2O2/c1-3-5-6-7-18-16-26-24(27-17-18)22-14-10-20(11-15-22)19-8-12-21(13-9-19)23(4-2)25(28)29/h4,10-11,14-17,19,21H,3,5-9,12-13H2,1-2H3,(H,28,29)/t19-,21-. The summed E-state index contributed by atoms with van der Waals surface area (Å²) in [5.74, 6) is 0.710. The van der Waals surface area contributed by atoms with E-state index in [2.05, 4.69) is 41.2 Å². The van der Waals surface area contributed by atoms with Crippen molar-refractivity contribution in [3.05, 3.63) is 59.4 Å². The van der Waals surface area contributed by atoms with Crippen molar-refractivity contribution in [1.82, 2.24) is 9.97 Å². The number of nitrogens with zero attached hydrogens (tertiary/aromatic N) is 2. The first-order valence-corrected chi connectivity index (χ1v) is 10.9. The Morgan fingerprint density at radius 1 is 1.07 bits per heavy atom. The summed E-state index contributed by atoms with van der Waals surface area (Å²) in [6.45, 7) is 4.04. The van der Waals surface area contributed by atoms with Crippen LogP contribution in [0.25, 0.3) is 11.4 Å². The Morgan fingerprint density at radius 2 is 1.72 bits per heavy atom. The van der Waals surface area contributed by atoms with Crippen molar-refractivity contribution in [2.24, 2.45) is 5.92 Å². The van der Waals surface area contributed by atoms with E-state index in [4.69, 9.17) is 0 Å². The van der Waals surface area contributed by atoms with Gasteiger partial charge in [-0.05, 0) is 68.4 Å². The van der Waals surface area contributed by atoms with Crippen molar-refractivity contribution in [1.29, 1.82) is 0 Å². The van der Waals surface area contributed by atoms with Crippen molar-refractivity contribution in [2.75, 3.05) is 0 Å². The van der Waals surface area contributed by atoms with E-state index in [-0.39, 0.29) is 5.92 Å². The van der Waals surface area contributed by atoms with Gasteiger partial charge in [0.25, 0.3) is 0 Å². The van der Waals surface area contributed by atoms with Crippen molar-refractivity contribution < 1.29 is 9.90 Å². The summed E-state index contributed by atoms with van der Waals surface area (Å²) in [5.41, 5.74) is 4.16. The molecule has 1 fully saturated rings. The quantitative estimate of drug-likeness (QED) is 0.430. The fourth-order valence-electron chi connectivity index (χ4n) is 4.39. The first-order chi connectivity index (χ1) is 14.1. The lowest BCUT2D eigenvalue weighted by Gasteiger charge is -2.29. The van der Waals surface area contributed by atoms with Crippen LogP contribution in [0.1, 0.15) is 75.8 Å². The van der Waals surface area contributed by atoms with Crippen LogP contribution >= 0.6 is 0 Å². The Balaban J connectivity index is 1.59. The fraction of sp³-hybridized carbons (Fsp3) is 0.480. The second kappa shape index (κ2) is 10.3. The lowest BCUT2D eigenvalue weighted by atomic mass is 9.76. The van der Waals surface area contributed by atoms with Gasteiger partial charge < -0.3 is 5.11 Å². The summed E-state index contributed by atoms with van der Waals surface area (Å²) < 4.78 is 0. The first-order valence-electron chi connectivity index (χ1n) is 10.9. The van der Waals surface area contributed by atoms with Crippen molar-refractivity contribution in [3.63, 3.8) is 0 Å². The lowest BCUT2D eigenvalue weighted by molar-refractivity contribution is -0.133. The highest BCUT2D eigenvalue weighted by Gasteiger charge is 2.27. The average Bonchev–Trinajstić information content (AvgIpc) is 2.75. The molecule has 4 nitrogen and oxygen atoms in total. The highest BCUT2D eigenvalue weighted by Crippen LogP contribution is 2.39. The number of allylic oxidation sites excluding steroid dienone is 1. The Bertz CT molecular complexity index is 817. The molecule has 3 rings (SSSR count). The van der Waals surface area contributed by atoms with Gasteiger partial charge in [0.15, 0.2) is 5.82 Å². The molecule has 1 saturated carbocycles. The predicted molar refractivity (Wildman–Crippen MR) is 117 cm³/mol. The molecule has 1 aromatic carbocycles. The Kier molecular flexibility index (Phi) is 7.56. The van der Waals surface area contributed by atoms with Gasteiger partial charge in [-0.2, -0.15) is 0 Å². The summed E-state index contributed by atoms with van der Waals surface area (Å²) in [7, 11) is 0. The van der Waals surface area contributed by atoms with Gasteiger partial charge in [0.05, 0.1) is 0 Å². The van der Waals surface area contributed by atoms with Gasteiger partial charge >= 0.3 is 5.97 Å². The number of carboxylic acids is 1. The normalized spacial score (nSPS) is 19.9. The van der Waals surface area contributed by atoms with Gasteiger partial charge in [-0.1, -0.05) is 50.1 Å². The Labute approximate surface area is 174 Å². The van der Waals surface area contributed by atoms with E-state index < -0.39 is 5.97 Å². The third-order valence-electron chi connectivity index (χ3n) is 6.14. The molecule has 0 radical (unpaired) electrons. The molecule has 1 heterocycles. The molecule has 0 aliphatic heterocycles. The summed E-state index contributed by atoms with van der Waals surface area (Å²) in [6, 6.07) is 8.60. The van der Waals surface area contributed by atoms with Gasteiger partial charge in [-0.25, -0.2) is 14.8 Å². The molecular formula is C25H32N2O2. The molecule has 0 unspecified atom stereocenters. The molecule has 29 heavy (non-hydrogen) atoms. The SMILES string of the molecule is CC=C(C(=O)O)[C@H]1CC[C@H](c2ccc(-c3ncc(CCCCC)cn3)cc2)CC1. The smallest absolute Gasteiger partial charge is 0.331 e. The van der Waals surface area contributed by atoms with Gasteiger partial charge in [0, 0.05) is 23.5 Å². The largest absolute Gasteiger partial charge is 0.478 e. The zero-order chi connectivity index (χ0) is 20.6. The molecule has 0 amide bonds. The molecule has 1 aliphatic carbocycles. The molecular weight excluding hydrogens is 360 g/mol. The van der Waals surface area contributed by atoms with Gasteiger partial charge in [0.1, 0.15) is 0 Å². The zero-order valence-corrected chi connectivity index (χ0v) is 17.6. The van der Waals surface area contributed by atoms with E-state index in [1.165, 1.54) is 30.4 Å². The van der Waals surface area contributed by atoms with E-state index in [0.29, 0.717) is 11.5 Å². The van der Waals surface area contributed by atoms with E-state index >= 15 is 0 Å². The lowest BCUT2D eigenvalue weighted by Crippen LogP contribution is -2.19. The van der Waals surface area contributed by atoms with E-state index in [1.54, 1.807) is 6.08 Å². The van der Waals surface area contributed by atoms with Crippen LogP contribution in [0.3, 0.4) is 0 Å². The number of carboxylic acid groups (broad SMARTS) is 1. The van der Waals surface area contributed by atoms with Crippen molar-refractivity contribution >= 4 is 5.97 Å². The number of aliphatic carboxylic acids is 1.